The largest absolute Gasteiger partial charge is 0.364 e. The van der Waals surface area contributed by atoms with Crippen LogP contribution >= 0.6 is 11.3 Å². The summed E-state index contributed by atoms with van der Waals surface area (Å²) in [5.41, 5.74) is -1.21. The van der Waals surface area contributed by atoms with E-state index in [1.165, 1.54) is 16.7 Å². The Bertz CT molecular complexity index is 628. The number of halogens is 4. The van der Waals surface area contributed by atoms with Crippen LogP contribution in [0.5, 0.6) is 0 Å². The normalized spacial score (nSPS) is 21.5. The summed E-state index contributed by atoms with van der Waals surface area (Å²) in [6, 6.07) is 0. The maximum Gasteiger partial charge on any atom is 0.291 e. The molecule has 0 aromatic carbocycles. The third kappa shape index (κ3) is 2.58. The molecule has 1 fully saturated rings. The van der Waals surface area contributed by atoms with Gasteiger partial charge in [-0.1, -0.05) is 6.92 Å². The lowest BCUT2D eigenvalue weighted by Gasteiger charge is -2.31. The number of hydrazine groups is 1. The molecule has 1 aromatic heterocycles. The molecule has 122 valence electrons. The SMILES string of the molecule is CCc1c(C(=O)N2NC(=C(F)F)CC2(O)C(F)F)csc1C. The number of nitrogens with zero attached hydrogens (tertiary/aromatic N) is 1. The van der Waals surface area contributed by atoms with Gasteiger partial charge in [0.2, 0.25) is 5.72 Å². The van der Waals surface area contributed by atoms with Gasteiger partial charge in [0.15, 0.2) is 0 Å². The van der Waals surface area contributed by atoms with Gasteiger partial charge in [-0.05, 0) is 18.9 Å². The van der Waals surface area contributed by atoms with E-state index in [2.05, 4.69) is 0 Å². The van der Waals surface area contributed by atoms with Crippen molar-refractivity contribution in [3.05, 3.63) is 33.2 Å². The zero-order valence-corrected chi connectivity index (χ0v) is 12.6. The highest BCUT2D eigenvalue weighted by Gasteiger charge is 2.53. The molecule has 0 aliphatic carbocycles. The van der Waals surface area contributed by atoms with Crippen LogP contribution in [0.4, 0.5) is 17.6 Å². The number of nitrogens with one attached hydrogen (secondary N) is 1. The molecule has 2 N–H and O–H groups in total. The molecule has 0 radical (unpaired) electrons. The van der Waals surface area contributed by atoms with E-state index in [1.54, 1.807) is 13.8 Å². The highest BCUT2D eigenvalue weighted by atomic mass is 32.1. The van der Waals surface area contributed by atoms with Gasteiger partial charge >= 0.3 is 0 Å². The molecule has 0 spiro atoms. The van der Waals surface area contributed by atoms with Crippen molar-refractivity contribution in [3.8, 4) is 0 Å². The number of amides is 1. The molecule has 1 aromatic rings. The number of hydrogen-bond donors (Lipinski definition) is 2. The first-order valence-electron chi connectivity index (χ1n) is 6.45. The minimum atomic E-state index is -3.40. The van der Waals surface area contributed by atoms with Gasteiger partial charge < -0.3 is 5.11 Å². The van der Waals surface area contributed by atoms with E-state index in [-0.39, 0.29) is 10.6 Å². The van der Waals surface area contributed by atoms with E-state index in [4.69, 9.17) is 0 Å². The maximum atomic E-state index is 13.1. The van der Waals surface area contributed by atoms with Crippen LogP contribution < -0.4 is 5.43 Å². The van der Waals surface area contributed by atoms with Crippen molar-refractivity contribution in [2.24, 2.45) is 0 Å². The molecular formula is C13H14F4N2O2S. The smallest absolute Gasteiger partial charge is 0.291 e. The summed E-state index contributed by atoms with van der Waals surface area (Å²) in [6.07, 6.45) is -6.21. The van der Waals surface area contributed by atoms with E-state index < -0.39 is 36.3 Å². The first-order chi connectivity index (χ1) is 10.2. The Morgan fingerprint density at radius 3 is 2.68 bits per heavy atom. The average Bonchev–Trinajstić information content (AvgIpc) is 2.99. The van der Waals surface area contributed by atoms with Crippen LogP contribution in [0.15, 0.2) is 17.2 Å². The van der Waals surface area contributed by atoms with Crippen LogP contribution in [-0.4, -0.2) is 28.2 Å². The highest BCUT2D eigenvalue weighted by molar-refractivity contribution is 7.10. The van der Waals surface area contributed by atoms with Crippen LogP contribution in [-0.2, 0) is 6.42 Å². The Morgan fingerprint density at radius 2 is 2.18 bits per heavy atom. The van der Waals surface area contributed by atoms with Crippen LogP contribution in [0.2, 0.25) is 0 Å². The van der Waals surface area contributed by atoms with Gasteiger partial charge in [-0.2, -0.15) is 8.78 Å². The highest BCUT2D eigenvalue weighted by Crippen LogP contribution is 2.36. The zero-order chi connectivity index (χ0) is 16.7. The molecule has 1 atom stereocenters. The van der Waals surface area contributed by atoms with E-state index in [9.17, 15) is 27.5 Å². The molecule has 1 aliphatic rings. The van der Waals surface area contributed by atoms with Crippen molar-refractivity contribution in [2.75, 3.05) is 0 Å². The van der Waals surface area contributed by atoms with Gasteiger partial charge in [0.05, 0.1) is 12.0 Å². The van der Waals surface area contributed by atoms with E-state index in [1.807, 2.05) is 5.43 Å². The first-order valence-corrected chi connectivity index (χ1v) is 7.33. The van der Waals surface area contributed by atoms with Crippen LogP contribution in [0.3, 0.4) is 0 Å². The van der Waals surface area contributed by atoms with E-state index >= 15 is 0 Å². The Labute approximate surface area is 128 Å². The maximum absolute atomic E-state index is 13.1. The third-order valence-electron chi connectivity index (χ3n) is 3.54. The van der Waals surface area contributed by atoms with E-state index in [0.717, 1.165) is 4.88 Å². The summed E-state index contributed by atoms with van der Waals surface area (Å²) < 4.78 is 51.6. The second kappa shape index (κ2) is 5.88. The standard InChI is InChI=1S/C13H14F4N2O2S/c1-3-7-6(2)22-5-8(7)11(20)19-13(21,12(16)17)4-9(18-19)10(14)15/h5,12,18,21H,3-4H2,1-2H3. The molecule has 22 heavy (non-hydrogen) atoms. The summed E-state index contributed by atoms with van der Waals surface area (Å²) in [4.78, 5) is 13.3. The molecule has 2 heterocycles. The van der Waals surface area contributed by atoms with Crippen molar-refractivity contribution < 1.29 is 27.5 Å². The van der Waals surface area contributed by atoms with Crippen molar-refractivity contribution in [2.45, 2.75) is 38.8 Å². The number of thiophene rings is 1. The number of carbonyl (C=O) groups excluding carboxylic acids is 1. The number of carbonyl (C=O) groups is 1. The predicted molar refractivity (Wildman–Crippen MR) is 72.6 cm³/mol. The number of alkyl halides is 2. The Kier molecular flexibility index (Phi) is 4.48. The molecule has 1 saturated heterocycles. The first kappa shape index (κ1) is 16.8. The summed E-state index contributed by atoms with van der Waals surface area (Å²) in [7, 11) is 0. The fourth-order valence-electron chi connectivity index (χ4n) is 2.34. The van der Waals surface area contributed by atoms with E-state index in [0.29, 0.717) is 12.0 Å². The second-order valence-corrected chi connectivity index (χ2v) is 5.97. The molecule has 1 aliphatic heterocycles. The third-order valence-corrected chi connectivity index (χ3v) is 4.49. The molecule has 4 nitrogen and oxygen atoms in total. The molecule has 9 heteroatoms. The Balaban J connectivity index is 2.44. The molecular weight excluding hydrogens is 324 g/mol. The van der Waals surface area contributed by atoms with Crippen LogP contribution in [0, 0.1) is 6.92 Å². The Hall–Kier alpha value is -1.61. The van der Waals surface area contributed by atoms with Crippen molar-refractivity contribution in [1.29, 1.82) is 0 Å². The van der Waals surface area contributed by atoms with Gasteiger partial charge in [-0.15, -0.1) is 11.3 Å². The van der Waals surface area contributed by atoms with Crippen molar-refractivity contribution >= 4 is 17.2 Å². The van der Waals surface area contributed by atoms with Gasteiger partial charge in [0.25, 0.3) is 18.4 Å². The molecule has 1 unspecified atom stereocenters. The van der Waals surface area contributed by atoms with Crippen LogP contribution in [0.25, 0.3) is 0 Å². The number of rotatable bonds is 3. The van der Waals surface area contributed by atoms with Gasteiger partial charge in [0.1, 0.15) is 5.70 Å². The summed E-state index contributed by atoms with van der Waals surface area (Å²) in [5, 5.41) is 11.6. The lowest BCUT2D eigenvalue weighted by Crippen LogP contribution is -2.55. The number of hydrogen-bond acceptors (Lipinski definition) is 4. The monoisotopic (exact) mass is 338 g/mol. The molecule has 0 saturated carbocycles. The topological polar surface area (TPSA) is 52.6 Å². The Morgan fingerprint density at radius 1 is 1.55 bits per heavy atom. The van der Waals surface area contributed by atoms with Crippen molar-refractivity contribution in [1.82, 2.24) is 10.4 Å². The zero-order valence-electron chi connectivity index (χ0n) is 11.8. The predicted octanol–water partition coefficient (Wildman–Crippen LogP) is 3.03. The molecule has 2 rings (SSSR count). The minimum absolute atomic E-state index is 0.122. The summed E-state index contributed by atoms with van der Waals surface area (Å²) >= 11 is 1.25. The van der Waals surface area contributed by atoms with Crippen LogP contribution in [0.1, 0.15) is 34.1 Å². The fourth-order valence-corrected chi connectivity index (χ4v) is 3.27. The van der Waals surface area contributed by atoms with Gasteiger partial charge in [0, 0.05) is 10.3 Å². The molecule has 1 amide bonds. The lowest BCUT2D eigenvalue weighted by atomic mass is 10.1. The van der Waals surface area contributed by atoms with Crippen molar-refractivity contribution in [3.63, 3.8) is 0 Å². The second-order valence-electron chi connectivity index (χ2n) is 4.89. The average molecular weight is 338 g/mol. The number of aryl methyl sites for hydroxylation is 1. The van der Waals surface area contributed by atoms with Gasteiger partial charge in [-0.25, -0.2) is 13.8 Å². The quantitative estimate of drug-likeness (QED) is 0.833. The fraction of sp³-hybridized carbons (Fsp3) is 0.462. The minimum Gasteiger partial charge on any atom is -0.364 e. The summed E-state index contributed by atoms with van der Waals surface area (Å²) in [5.74, 6) is -0.958. The lowest BCUT2D eigenvalue weighted by molar-refractivity contribution is -0.168. The van der Waals surface area contributed by atoms with Gasteiger partial charge in [-0.3, -0.25) is 10.2 Å². The molecule has 0 bridgehead atoms. The number of aliphatic hydroxyl groups is 1. The summed E-state index contributed by atoms with van der Waals surface area (Å²) in [6.45, 7) is 3.55.